The lowest BCUT2D eigenvalue weighted by Crippen LogP contribution is -2.28. The van der Waals surface area contributed by atoms with Gasteiger partial charge in [-0.15, -0.1) is 0 Å². The molecule has 0 heterocycles. The van der Waals surface area contributed by atoms with Gasteiger partial charge >= 0.3 is 0 Å². The maximum absolute atomic E-state index is 13.4. The van der Waals surface area contributed by atoms with E-state index >= 15 is 0 Å². The van der Waals surface area contributed by atoms with E-state index in [2.05, 4.69) is 6.92 Å². The molecular formula is C15H20ClFO. The van der Waals surface area contributed by atoms with Crippen LogP contribution >= 0.6 is 11.6 Å². The molecule has 1 fully saturated rings. The number of aliphatic hydroxyl groups is 1. The third-order valence-electron chi connectivity index (χ3n) is 4.23. The molecule has 1 nitrogen and oxygen atoms in total. The average molecular weight is 271 g/mol. The largest absolute Gasteiger partial charge is 0.388 e. The first-order chi connectivity index (χ1) is 8.44. The third-order valence-corrected chi connectivity index (χ3v) is 4.56. The van der Waals surface area contributed by atoms with E-state index in [9.17, 15) is 9.50 Å². The van der Waals surface area contributed by atoms with Gasteiger partial charge in [0, 0.05) is 10.6 Å². The van der Waals surface area contributed by atoms with Crippen molar-refractivity contribution in [2.24, 2.45) is 5.41 Å². The van der Waals surface area contributed by atoms with E-state index < -0.39 is 6.10 Å². The standard InChI is InChI=1S/C15H20ClFO/c1-10-8-11(12(16)9-13(10)17)14(18)15(2)6-4-3-5-7-15/h8-9,14,18H,3-7H2,1-2H3. The van der Waals surface area contributed by atoms with Crippen molar-refractivity contribution in [1.82, 2.24) is 0 Å². The van der Waals surface area contributed by atoms with Crippen molar-refractivity contribution in [1.29, 1.82) is 0 Å². The van der Waals surface area contributed by atoms with E-state index in [1.165, 1.54) is 12.5 Å². The lowest BCUT2D eigenvalue weighted by Gasteiger charge is -2.38. The Kier molecular flexibility index (Phi) is 3.98. The SMILES string of the molecule is Cc1cc(C(O)C2(C)CCCCC2)c(Cl)cc1F. The van der Waals surface area contributed by atoms with Crippen LogP contribution in [0.5, 0.6) is 0 Å². The summed E-state index contributed by atoms with van der Waals surface area (Å²) < 4.78 is 13.4. The molecule has 0 amide bonds. The van der Waals surface area contributed by atoms with Gasteiger partial charge in [0.1, 0.15) is 5.82 Å². The van der Waals surface area contributed by atoms with Gasteiger partial charge in [-0.25, -0.2) is 4.39 Å². The highest BCUT2D eigenvalue weighted by atomic mass is 35.5. The topological polar surface area (TPSA) is 20.2 Å². The molecule has 1 unspecified atom stereocenters. The molecule has 1 aromatic carbocycles. The van der Waals surface area contributed by atoms with Crippen molar-refractivity contribution in [3.05, 3.63) is 34.1 Å². The Morgan fingerprint density at radius 1 is 1.28 bits per heavy atom. The van der Waals surface area contributed by atoms with E-state index in [0.29, 0.717) is 16.1 Å². The predicted molar refractivity (Wildman–Crippen MR) is 72.3 cm³/mol. The summed E-state index contributed by atoms with van der Waals surface area (Å²) in [5, 5.41) is 10.9. The van der Waals surface area contributed by atoms with Crippen LogP contribution in [0, 0.1) is 18.2 Å². The molecule has 0 aromatic heterocycles. The van der Waals surface area contributed by atoms with Crippen LogP contribution in [0.4, 0.5) is 4.39 Å². The molecule has 1 atom stereocenters. The van der Waals surface area contributed by atoms with Crippen LogP contribution in [0.2, 0.25) is 5.02 Å². The maximum Gasteiger partial charge on any atom is 0.127 e. The third kappa shape index (κ3) is 2.55. The summed E-state index contributed by atoms with van der Waals surface area (Å²) in [4.78, 5) is 0. The Labute approximate surface area is 113 Å². The molecule has 0 aliphatic heterocycles. The Balaban J connectivity index is 2.33. The summed E-state index contributed by atoms with van der Waals surface area (Å²) in [6.45, 7) is 3.80. The van der Waals surface area contributed by atoms with Crippen molar-refractivity contribution >= 4 is 11.6 Å². The lowest BCUT2D eigenvalue weighted by atomic mass is 9.70. The molecule has 1 aromatic rings. The van der Waals surface area contributed by atoms with Gasteiger partial charge in [-0.3, -0.25) is 0 Å². The van der Waals surface area contributed by atoms with Gasteiger partial charge in [0.05, 0.1) is 6.10 Å². The number of hydrogen-bond acceptors (Lipinski definition) is 1. The van der Waals surface area contributed by atoms with Gasteiger partial charge in [0.15, 0.2) is 0 Å². The molecule has 1 aliphatic carbocycles. The molecule has 1 saturated carbocycles. The summed E-state index contributed by atoms with van der Waals surface area (Å²) in [7, 11) is 0. The molecule has 100 valence electrons. The number of hydrogen-bond donors (Lipinski definition) is 1. The minimum atomic E-state index is -0.607. The second kappa shape index (κ2) is 5.18. The molecule has 0 radical (unpaired) electrons. The zero-order chi connectivity index (χ0) is 13.3. The van der Waals surface area contributed by atoms with E-state index in [0.717, 1.165) is 25.7 Å². The molecule has 0 spiro atoms. The summed E-state index contributed by atoms with van der Waals surface area (Å²) in [6, 6.07) is 2.99. The van der Waals surface area contributed by atoms with Crippen LogP contribution in [0.3, 0.4) is 0 Å². The number of benzene rings is 1. The van der Waals surface area contributed by atoms with Crippen molar-refractivity contribution < 1.29 is 9.50 Å². The Morgan fingerprint density at radius 3 is 2.50 bits per heavy atom. The minimum absolute atomic E-state index is 0.133. The van der Waals surface area contributed by atoms with Gasteiger partial charge in [-0.2, -0.15) is 0 Å². The molecule has 18 heavy (non-hydrogen) atoms. The number of aryl methyl sites for hydroxylation is 1. The van der Waals surface area contributed by atoms with E-state index in [1.807, 2.05) is 0 Å². The Hall–Kier alpha value is -0.600. The lowest BCUT2D eigenvalue weighted by molar-refractivity contribution is 0.00818. The highest BCUT2D eigenvalue weighted by Crippen LogP contribution is 2.47. The summed E-state index contributed by atoms with van der Waals surface area (Å²) >= 11 is 6.08. The molecular weight excluding hydrogens is 251 g/mol. The number of rotatable bonds is 2. The fourth-order valence-electron chi connectivity index (χ4n) is 2.90. The van der Waals surface area contributed by atoms with Crippen LogP contribution in [0.25, 0.3) is 0 Å². The average Bonchev–Trinajstić information content (AvgIpc) is 2.34. The molecule has 1 N–H and O–H groups in total. The normalized spacial score (nSPS) is 20.7. The highest BCUT2D eigenvalue weighted by Gasteiger charge is 2.36. The monoisotopic (exact) mass is 270 g/mol. The van der Waals surface area contributed by atoms with Crippen LogP contribution in [0.15, 0.2) is 12.1 Å². The van der Waals surface area contributed by atoms with E-state index in [1.54, 1.807) is 13.0 Å². The fraction of sp³-hybridized carbons (Fsp3) is 0.600. The predicted octanol–water partition coefficient (Wildman–Crippen LogP) is 4.79. The highest BCUT2D eigenvalue weighted by molar-refractivity contribution is 6.31. The zero-order valence-corrected chi connectivity index (χ0v) is 11.7. The van der Waals surface area contributed by atoms with Crippen LogP contribution < -0.4 is 0 Å². The maximum atomic E-state index is 13.4. The van der Waals surface area contributed by atoms with Gasteiger partial charge in [-0.05, 0) is 42.9 Å². The molecule has 3 heteroatoms. The Bertz CT molecular complexity index is 438. The van der Waals surface area contributed by atoms with Crippen LogP contribution in [-0.4, -0.2) is 5.11 Å². The fourth-order valence-corrected chi connectivity index (χ4v) is 3.15. The Morgan fingerprint density at radius 2 is 1.89 bits per heavy atom. The summed E-state index contributed by atoms with van der Waals surface area (Å²) in [6.07, 6.45) is 4.92. The van der Waals surface area contributed by atoms with Gasteiger partial charge < -0.3 is 5.11 Å². The first-order valence-electron chi connectivity index (χ1n) is 6.58. The smallest absolute Gasteiger partial charge is 0.127 e. The van der Waals surface area contributed by atoms with Gasteiger partial charge in [0.25, 0.3) is 0 Å². The van der Waals surface area contributed by atoms with Crippen LogP contribution in [0.1, 0.15) is 56.3 Å². The molecule has 1 aliphatic rings. The van der Waals surface area contributed by atoms with E-state index in [4.69, 9.17) is 11.6 Å². The molecule has 0 saturated heterocycles. The van der Waals surface area contributed by atoms with Gasteiger partial charge in [-0.1, -0.05) is 37.8 Å². The first-order valence-corrected chi connectivity index (χ1v) is 6.95. The molecule has 0 bridgehead atoms. The quantitative estimate of drug-likeness (QED) is 0.819. The van der Waals surface area contributed by atoms with Crippen molar-refractivity contribution in [2.45, 2.75) is 52.1 Å². The van der Waals surface area contributed by atoms with Gasteiger partial charge in [0.2, 0.25) is 0 Å². The van der Waals surface area contributed by atoms with Crippen molar-refractivity contribution in [2.75, 3.05) is 0 Å². The second-order valence-corrected chi connectivity index (χ2v) is 6.15. The van der Waals surface area contributed by atoms with Crippen LogP contribution in [-0.2, 0) is 0 Å². The zero-order valence-electron chi connectivity index (χ0n) is 11.0. The summed E-state index contributed by atoms with van der Waals surface area (Å²) in [5.74, 6) is -0.315. The second-order valence-electron chi connectivity index (χ2n) is 5.74. The van der Waals surface area contributed by atoms with Crippen molar-refractivity contribution in [3.8, 4) is 0 Å². The molecule has 2 rings (SSSR count). The minimum Gasteiger partial charge on any atom is -0.388 e. The summed E-state index contributed by atoms with van der Waals surface area (Å²) in [5.41, 5.74) is 1.07. The number of halogens is 2. The van der Waals surface area contributed by atoms with Crippen molar-refractivity contribution in [3.63, 3.8) is 0 Å². The number of aliphatic hydroxyl groups excluding tert-OH is 1. The first kappa shape index (κ1) is 13.8. The van der Waals surface area contributed by atoms with E-state index in [-0.39, 0.29) is 11.2 Å².